The van der Waals surface area contributed by atoms with Crippen LogP contribution < -0.4 is 4.90 Å². The van der Waals surface area contributed by atoms with E-state index in [2.05, 4.69) is 24.0 Å². The van der Waals surface area contributed by atoms with Gasteiger partial charge in [-0.05, 0) is 30.9 Å². The van der Waals surface area contributed by atoms with Crippen molar-refractivity contribution >= 4 is 11.7 Å². The Morgan fingerprint density at radius 3 is 2.70 bits per heavy atom. The number of hydrogen-bond donors (Lipinski definition) is 1. The van der Waals surface area contributed by atoms with E-state index in [1.165, 1.54) is 32.1 Å². The van der Waals surface area contributed by atoms with Gasteiger partial charge in [0.25, 0.3) is 0 Å². The van der Waals surface area contributed by atoms with Crippen molar-refractivity contribution in [3.05, 3.63) is 30.3 Å². The highest BCUT2D eigenvalue weighted by molar-refractivity contribution is 5.67. The molecule has 2 atom stereocenters. The molecule has 0 amide bonds. The molecule has 1 aromatic rings. The number of benzene rings is 1. The van der Waals surface area contributed by atoms with Crippen LogP contribution in [0.5, 0.6) is 0 Å². The summed E-state index contributed by atoms with van der Waals surface area (Å²) in [6.45, 7) is 2.87. The molecule has 0 spiro atoms. The van der Waals surface area contributed by atoms with Crippen LogP contribution in [-0.4, -0.2) is 23.7 Å². The van der Waals surface area contributed by atoms with Crippen LogP contribution in [0, 0.1) is 5.92 Å². The predicted octanol–water partition coefficient (Wildman–Crippen LogP) is 3.94. The maximum absolute atomic E-state index is 10.9. The topological polar surface area (TPSA) is 40.5 Å². The minimum Gasteiger partial charge on any atom is -0.481 e. The number of aliphatic carboxylic acids is 1. The van der Waals surface area contributed by atoms with Crippen LogP contribution in [-0.2, 0) is 4.79 Å². The van der Waals surface area contributed by atoms with Gasteiger partial charge in [0.15, 0.2) is 0 Å². The fourth-order valence-electron chi connectivity index (χ4n) is 3.27. The molecule has 110 valence electrons. The van der Waals surface area contributed by atoms with Crippen molar-refractivity contribution in [3.8, 4) is 0 Å². The third kappa shape index (κ3) is 3.99. The van der Waals surface area contributed by atoms with E-state index in [1.54, 1.807) is 0 Å². The van der Waals surface area contributed by atoms with Crippen LogP contribution in [0.1, 0.15) is 45.4 Å². The van der Waals surface area contributed by atoms with Gasteiger partial charge in [-0.1, -0.05) is 44.4 Å². The molecule has 3 heteroatoms. The summed E-state index contributed by atoms with van der Waals surface area (Å²) in [5, 5.41) is 8.98. The number of hydrogen-bond acceptors (Lipinski definition) is 2. The lowest BCUT2D eigenvalue weighted by Crippen LogP contribution is -2.40. The second-order valence-corrected chi connectivity index (χ2v) is 5.77. The van der Waals surface area contributed by atoms with E-state index in [0.29, 0.717) is 12.6 Å². The summed E-state index contributed by atoms with van der Waals surface area (Å²) in [5.41, 5.74) is 1.16. The second-order valence-electron chi connectivity index (χ2n) is 5.77. The molecule has 1 saturated carbocycles. The summed E-state index contributed by atoms with van der Waals surface area (Å²) in [7, 11) is 0. The van der Waals surface area contributed by atoms with Gasteiger partial charge in [-0.15, -0.1) is 0 Å². The first-order chi connectivity index (χ1) is 9.70. The highest BCUT2D eigenvalue weighted by Gasteiger charge is 2.26. The minimum absolute atomic E-state index is 0.211. The number of carbonyl (C=O) groups is 1. The van der Waals surface area contributed by atoms with E-state index >= 15 is 0 Å². The highest BCUT2D eigenvalue weighted by atomic mass is 16.4. The minimum atomic E-state index is -0.714. The van der Waals surface area contributed by atoms with Gasteiger partial charge in [-0.25, -0.2) is 0 Å². The molecule has 0 aliphatic heterocycles. The Morgan fingerprint density at radius 1 is 1.30 bits per heavy atom. The van der Waals surface area contributed by atoms with Crippen molar-refractivity contribution in [1.82, 2.24) is 0 Å². The molecule has 1 fully saturated rings. The number of carboxylic acids is 1. The molecular formula is C17H25NO2. The third-order valence-electron chi connectivity index (χ3n) is 4.43. The summed E-state index contributed by atoms with van der Waals surface area (Å²) in [6, 6.07) is 10.8. The van der Waals surface area contributed by atoms with Gasteiger partial charge in [0.2, 0.25) is 0 Å². The Hall–Kier alpha value is -1.51. The van der Waals surface area contributed by atoms with Crippen LogP contribution >= 0.6 is 0 Å². The average Bonchev–Trinajstić information content (AvgIpc) is 2.48. The molecule has 2 rings (SSSR count). The van der Waals surface area contributed by atoms with E-state index in [9.17, 15) is 4.79 Å². The zero-order valence-corrected chi connectivity index (χ0v) is 12.3. The highest BCUT2D eigenvalue weighted by Crippen LogP contribution is 2.32. The summed E-state index contributed by atoms with van der Waals surface area (Å²) in [6.07, 6.45) is 6.42. The number of rotatable bonds is 6. The molecule has 0 bridgehead atoms. The Balaban J connectivity index is 2.11. The number of para-hydroxylation sites is 1. The van der Waals surface area contributed by atoms with E-state index in [4.69, 9.17) is 5.11 Å². The van der Waals surface area contributed by atoms with Gasteiger partial charge in [0.05, 0.1) is 6.42 Å². The van der Waals surface area contributed by atoms with Crippen LogP contribution in [0.25, 0.3) is 0 Å². The fraction of sp³-hybridized carbons (Fsp3) is 0.588. The zero-order chi connectivity index (χ0) is 14.4. The number of nitrogens with zero attached hydrogens (tertiary/aromatic N) is 1. The molecule has 0 saturated heterocycles. The van der Waals surface area contributed by atoms with Crippen molar-refractivity contribution in [2.24, 2.45) is 5.92 Å². The van der Waals surface area contributed by atoms with Gasteiger partial charge in [0, 0.05) is 18.3 Å². The smallest absolute Gasteiger partial charge is 0.305 e. The Morgan fingerprint density at radius 2 is 2.05 bits per heavy atom. The van der Waals surface area contributed by atoms with E-state index in [-0.39, 0.29) is 6.42 Å². The molecule has 0 heterocycles. The van der Waals surface area contributed by atoms with Crippen LogP contribution in [0.3, 0.4) is 0 Å². The quantitative estimate of drug-likeness (QED) is 0.855. The Bertz CT molecular complexity index is 418. The zero-order valence-electron chi connectivity index (χ0n) is 12.3. The largest absolute Gasteiger partial charge is 0.481 e. The molecular weight excluding hydrogens is 250 g/mol. The van der Waals surface area contributed by atoms with Gasteiger partial charge in [-0.3, -0.25) is 4.79 Å². The van der Waals surface area contributed by atoms with Crippen molar-refractivity contribution in [2.45, 2.75) is 51.5 Å². The summed E-state index contributed by atoms with van der Waals surface area (Å²) in [4.78, 5) is 13.2. The van der Waals surface area contributed by atoms with Gasteiger partial charge < -0.3 is 10.0 Å². The van der Waals surface area contributed by atoms with E-state index in [1.807, 2.05) is 18.2 Å². The lowest BCUT2D eigenvalue weighted by Gasteiger charge is -2.38. The summed E-state index contributed by atoms with van der Waals surface area (Å²) in [5.74, 6) is 0.0820. The summed E-state index contributed by atoms with van der Waals surface area (Å²) >= 11 is 0. The van der Waals surface area contributed by atoms with Crippen LogP contribution in [0.4, 0.5) is 5.69 Å². The Kier molecular flexibility index (Phi) is 5.45. The SMILES string of the molecule is CCC1CCCC(N(CCC(=O)O)c2ccccc2)C1. The van der Waals surface area contributed by atoms with Crippen molar-refractivity contribution in [3.63, 3.8) is 0 Å². The molecule has 3 nitrogen and oxygen atoms in total. The summed E-state index contributed by atoms with van der Waals surface area (Å²) < 4.78 is 0. The first-order valence-electron chi connectivity index (χ1n) is 7.74. The molecule has 1 aliphatic carbocycles. The normalized spacial score (nSPS) is 22.4. The standard InChI is InChI=1S/C17H25NO2/c1-2-14-7-6-10-16(13-14)18(12-11-17(19)20)15-8-4-3-5-9-15/h3-5,8-9,14,16H,2,6-7,10-13H2,1H3,(H,19,20). The Labute approximate surface area is 121 Å². The van der Waals surface area contributed by atoms with Crippen molar-refractivity contribution < 1.29 is 9.90 Å². The fourth-order valence-corrected chi connectivity index (χ4v) is 3.27. The molecule has 1 aliphatic rings. The van der Waals surface area contributed by atoms with Crippen molar-refractivity contribution in [1.29, 1.82) is 0 Å². The maximum Gasteiger partial charge on any atom is 0.305 e. The predicted molar refractivity (Wildman–Crippen MR) is 82.1 cm³/mol. The van der Waals surface area contributed by atoms with Crippen molar-refractivity contribution in [2.75, 3.05) is 11.4 Å². The molecule has 20 heavy (non-hydrogen) atoms. The first-order valence-corrected chi connectivity index (χ1v) is 7.74. The molecule has 2 unspecified atom stereocenters. The number of anilines is 1. The van der Waals surface area contributed by atoms with Crippen LogP contribution in [0.2, 0.25) is 0 Å². The van der Waals surface area contributed by atoms with Gasteiger partial charge in [0.1, 0.15) is 0 Å². The van der Waals surface area contributed by atoms with E-state index < -0.39 is 5.97 Å². The second kappa shape index (κ2) is 7.32. The molecule has 1 aromatic carbocycles. The van der Waals surface area contributed by atoms with Gasteiger partial charge >= 0.3 is 5.97 Å². The maximum atomic E-state index is 10.9. The monoisotopic (exact) mass is 275 g/mol. The molecule has 0 aromatic heterocycles. The van der Waals surface area contributed by atoms with E-state index in [0.717, 1.165) is 11.6 Å². The van der Waals surface area contributed by atoms with Gasteiger partial charge in [-0.2, -0.15) is 0 Å². The van der Waals surface area contributed by atoms with Crippen LogP contribution in [0.15, 0.2) is 30.3 Å². The third-order valence-corrected chi connectivity index (χ3v) is 4.43. The average molecular weight is 275 g/mol. The number of carboxylic acid groups (broad SMARTS) is 1. The molecule has 0 radical (unpaired) electrons. The lowest BCUT2D eigenvalue weighted by atomic mass is 9.83. The first kappa shape index (κ1) is 14.9. The molecule has 1 N–H and O–H groups in total. The lowest BCUT2D eigenvalue weighted by molar-refractivity contribution is -0.136.